The summed E-state index contributed by atoms with van der Waals surface area (Å²) >= 11 is 0. The SMILES string of the molecule is CCCC(CCCCCCN=O)CN=O. The number of hydrogen-bond acceptors (Lipinski definition) is 4. The van der Waals surface area contributed by atoms with Crippen molar-refractivity contribution in [2.24, 2.45) is 16.3 Å². The molecule has 88 valence electrons. The second-order valence-electron chi connectivity index (χ2n) is 4.02. The van der Waals surface area contributed by atoms with Crippen LogP contribution in [0.5, 0.6) is 0 Å². The molecule has 0 aliphatic carbocycles. The molecule has 0 aromatic carbocycles. The molecule has 4 heteroatoms. The summed E-state index contributed by atoms with van der Waals surface area (Å²) in [5.41, 5.74) is 0. The lowest BCUT2D eigenvalue weighted by atomic mass is 9.96. The maximum absolute atomic E-state index is 10.2. The van der Waals surface area contributed by atoms with Crippen LogP contribution < -0.4 is 0 Å². The molecule has 15 heavy (non-hydrogen) atoms. The normalized spacial score (nSPS) is 12.3. The molecule has 0 radical (unpaired) electrons. The first-order chi connectivity index (χ1) is 7.35. The Morgan fingerprint density at radius 1 is 0.933 bits per heavy atom. The highest BCUT2D eigenvalue weighted by Crippen LogP contribution is 2.16. The third-order valence-corrected chi connectivity index (χ3v) is 2.64. The quantitative estimate of drug-likeness (QED) is 0.387. The van der Waals surface area contributed by atoms with Crippen molar-refractivity contribution in [3.05, 3.63) is 9.81 Å². The lowest BCUT2D eigenvalue weighted by molar-refractivity contribution is 0.429. The summed E-state index contributed by atoms with van der Waals surface area (Å²) in [6, 6.07) is 0. The average Bonchev–Trinajstić information content (AvgIpc) is 2.24. The van der Waals surface area contributed by atoms with Crippen LogP contribution in [0.15, 0.2) is 10.4 Å². The van der Waals surface area contributed by atoms with Gasteiger partial charge in [-0.25, -0.2) is 0 Å². The molecule has 0 saturated carbocycles. The van der Waals surface area contributed by atoms with E-state index in [0.717, 1.165) is 44.9 Å². The Kier molecular flexibility index (Phi) is 10.7. The highest BCUT2D eigenvalue weighted by Gasteiger charge is 2.07. The molecule has 1 atom stereocenters. The Morgan fingerprint density at radius 2 is 1.67 bits per heavy atom. The number of rotatable bonds is 11. The van der Waals surface area contributed by atoms with E-state index in [0.29, 0.717) is 19.0 Å². The van der Waals surface area contributed by atoms with Gasteiger partial charge in [0.1, 0.15) is 0 Å². The van der Waals surface area contributed by atoms with Crippen molar-refractivity contribution in [3.63, 3.8) is 0 Å². The molecule has 0 spiro atoms. The molecule has 0 fully saturated rings. The van der Waals surface area contributed by atoms with Crippen LogP contribution in [0.2, 0.25) is 0 Å². The van der Waals surface area contributed by atoms with Crippen LogP contribution in [-0.4, -0.2) is 13.1 Å². The molecule has 0 aliphatic rings. The molecule has 0 rings (SSSR count). The first kappa shape index (κ1) is 14.2. The maximum Gasteiger partial charge on any atom is 0.0839 e. The van der Waals surface area contributed by atoms with Crippen molar-refractivity contribution in [2.75, 3.05) is 13.1 Å². The smallest absolute Gasteiger partial charge is 0.0839 e. The minimum absolute atomic E-state index is 0.439. The average molecular weight is 214 g/mol. The minimum Gasteiger partial charge on any atom is -0.151 e. The Bertz CT molecular complexity index is 163. The van der Waals surface area contributed by atoms with Gasteiger partial charge in [0.25, 0.3) is 0 Å². The fourth-order valence-corrected chi connectivity index (χ4v) is 1.80. The van der Waals surface area contributed by atoms with E-state index in [1.54, 1.807) is 0 Å². The van der Waals surface area contributed by atoms with Gasteiger partial charge >= 0.3 is 0 Å². The predicted molar refractivity (Wildman–Crippen MR) is 62.8 cm³/mol. The van der Waals surface area contributed by atoms with Gasteiger partial charge in [-0.2, -0.15) is 9.81 Å². The van der Waals surface area contributed by atoms with Crippen molar-refractivity contribution in [3.8, 4) is 0 Å². The molecule has 0 aromatic heterocycles. The van der Waals surface area contributed by atoms with Crippen molar-refractivity contribution in [1.82, 2.24) is 0 Å². The monoisotopic (exact) mass is 214 g/mol. The summed E-state index contributed by atoms with van der Waals surface area (Å²) in [7, 11) is 0. The second kappa shape index (κ2) is 11.3. The highest BCUT2D eigenvalue weighted by atomic mass is 16.3. The molecule has 1 unspecified atom stereocenters. The second-order valence-corrected chi connectivity index (χ2v) is 4.02. The minimum atomic E-state index is 0.439. The summed E-state index contributed by atoms with van der Waals surface area (Å²) < 4.78 is 0. The molecule has 0 bridgehead atoms. The molecule has 4 nitrogen and oxygen atoms in total. The van der Waals surface area contributed by atoms with Crippen molar-refractivity contribution < 1.29 is 0 Å². The first-order valence-corrected chi connectivity index (χ1v) is 5.93. The number of hydrogen-bond donors (Lipinski definition) is 0. The molecule has 0 saturated heterocycles. The van der Waals surface area contributed by atoms with Crippen LogP contribution in [0, 0.1) is 15.7 Å². The Balaban J connectivity index is 3.35. The number of unbranched alkanes of at least 4 members (excludes halogenated alkanes) is 3. The summed E-state index contributed by atoms with van der Waals surface area (Å²) in [6.45, 7) is 3.03. The lowest BCUT2D eigenvalue weighted by Gasteiger charge is -2.11. The van der Waals surface area contributed by atoms with Crippen LogP contribution in [0.3, 0.4) is 0 Å². The van der Waals surface area contributed by atoms with E-state index < -0.39 is 0 Å². The van der Waals surface area contributed by atoms with Crippen LogP contribution >= 0.6 is 0 Å². The van der Waals surface area contributed by atoms with Crippen LogP contribution in [0.25, 0.3) is 0 Å². The van der Waals surface area contributed by atoms with Gasteiger partial charge in [0, 0.05) is 0 Å². The van der Waals surface area contributed by atoms with E-state index in [1.807, 2.05) is 0 Å². The van der Waals surface area contributed by atoms with Gasteiger partial charge in [-0.05, 0) is 25.2 Å². The van der Waals surface area contributed by atoms with Gasteiger partial charge in [0.2, 0.25) is 0 Å². The topological polar surface area (TPSA) is 58.9 Å². The van der Waals surface area contributed by atoms with Gasteiger partial charge in [-0.3, -0.25) is 0 Å². The van der Waals surface area contributed by atoms with Gasteiger partial charge in [-0.1, -0.05) is 43.0 Å². The van der Waals surface area contributed by atoms with E-state index in [4.69, 9.17) is 0 Å². The van der Waals surface area contributed by atoms with Crippen LogP contribution in [-0.2, 0) is 0 Å². The molecular formula is C11H22N2O2. The van der Waals surface area contributed by atoms with Gasteiger partial charge in [-0.15, -0.1) is 0 Å². The molecule has 0 N–H and O–H groups in total. The number of nitroso groups, excluding NO2 is 2. The van der Waals surface area contributed by atoms with Gasteiger partial charge in [0.05, 0.1) is 13.1 Å². The summed E-state index contributed by atoms with van der Waals surface area (Å²) in [5, 5.41) is 5.80. The van der Waals surface area contributed by atoms with E-state index in [9.17, 15) is 9.81 Å². The Hall–Kier alpha value is -0.800. The maximum atomic E-state index is 10.2. The van der Waals surface area contributed by atoms with Crippen LogP contribution in [0.1, 0.15) is 51.9 Å². The largest absolute Gasteiger partial charge is 0.151 e. The molecule has 0 aromatic rings. The van der Waals surface area contributed by atoms with Gasteiger partial charge < -0.3 is 0 Å². The number of nitrogens with zero attached hydrogens (tertiary/aromatic N) is 2. The highest BCUT2D eigenvalue weighted by molar-refractivity contribution is 4.61. The van der Waals surface area contributed by atoms with E-state index in [2.05, 4.69) is 17.3 Å². The van der Waals surface area contributed by atoms with Crippen LogP contribution in [0.4, 0.5) is 0 Å². The molecular weight excluding hydrogens is 192 g/mol. The van der Waals surface area contributed by atoms with E-state index in [-0.39, 0.29) is 0 Å². The van der Waals surface area contributed by atoms with E-state index >= 15 is 0 Å². The zero-order valence-electron chi connectivity index (χ0n) is 9.65. The predicted octanol–water partition coefficient (Wildman–Crippen LogP) is 3.89. The Morgan fingerprint density at radius 3 is 2.27 bits per heavy atom. The molecule has 0 aliphatic heterocycles. The molecule has 0 heterocycles. The summed E-state index contributed by atoms with van der Waals surface area (Å²) in [4.78, 5) is 20.0. The fraction of sp³-hybridized carbons (Fsp3) is 1.00. The van der Waals surface area contributed by atoms with Crippen molar-refractivity contribution >= 4 is 0 Å². The zero-order chi connectivity index (χ0) is 11.4. The summed E-state index contributed by atoms with van der Waals surface area (Å²) in [5.74, 6) is 0.469. The van der Waals surface area contributed by atoms with Crippen molar-refractivity contribution in [1.29, 1.82) is 0 Å². The molecule has 0 amide bonds. The zero-order valence-corrected chi connectivity index (χ0v) is 9.65. The first-order valence-electron chi connectivity index (χ1n) is 5.93. The summed E-state index contributed by atoms with van der Waals surface area (Å²) in [6.07, 6.45) is 7.55. The standard InChI is InChI=1S/C11H22N2O2/c1-2-7-11(10-13-15)8-5-3-4-6-9-12-14/h11H,2-10H2,1H3. The fourth-order valence-electron chi connectivity index (χ4n) is 1.80. The van der Waals surface area contributed by atoms with Crippen molar-refractivity contribution in [2.45, 2.75) is 51.9 Å². The van der Waals surface area contributed by atoms with Gasteiger partial charge in [0.15, 0.2) is 0 Å². The third kappa shape index (κ3) is 9.50. The third-order valence-electron chi connectivity index (χ3n) is 2.64. The Labute approximate surface area is 91.8 Å². The lowest BCUT2D eigenvalue weighted by Crippen LogP contribution is -2.04. The van der Waals surface area contributed by atoms with E-state index in [1.165, 1.54) is 0 Å².